The highest BCUT2D eigenvalue weighted by molar-refractivity contribution is 14.1. The maximum absolute atomic E-state index is 10.9. The van der Waals surface area contributed by atoms with E-state index in [4.69, 9.17) is 0 Å². The molecule has 0 saturated carbocycles. The van der Waals surface area contributed by atoms with Gasteiger partial charge in [-0.3, -0.25) is 4.72 Å². The van der Waals surface area contributed by atoms with Crippen molar-refractivity contribution in [1.82, 2.24) is 0 Å². The first-order valence-corrected chi connectivity index (χ1v) is 6.59. The molecule has 0 saturated heterocycles. The molecule has 0 aromatic heterocycles. The average Bonchev–Trinajstić information content (AvgIpc) is 1.93. The van der Waals surface area contributed by atoms with Gasteiger partial charge in [0.15, 0.2) is 0 Å². The molecule has 13 heavy (non-hydrogen) atoms. The summed E-state index contributed by atoms with van der Waals surface area (Å²) in [5.41, 5.74) is 1.75. The fraction of sp³-hybridized carbons (Fsp3) is 0.250. The van der Waals surface area contributed by atoms with E-state index in [-0.39, 0.29) is 0 Å². The summed E-state index contributed by atoms with van der Waals surface area (Å²) in [5, 5.41) is 0. The van der Waals surface area contributed by atoms with Crippen molar-refractivity contribution in [2.45, 2.75) is 6.92 Å². The molecule has 0 atom stereocenters. The summed E-state index contributed by atoms with van der Waals surface area (Å²) < 4.78 is 25.2. The van der Waals surface area contributed by atoms with Crippen molar-refractivity contribution in [3.63, 3.8) is 0 Å². The van der Waals surface area contributed by atoms with E-state index in [1.807, 2.05) is 19.1 Å². The minimum atomic E-state index is -3.17. The lowest BCUT2D eigenvalue weighted by Gasteiger charge is -2.06. The second kappa shape index (κ2) is 3.83. The van der Waals surface area contributed by atoms with Gasteiger partial charge in [0, 0.05) is 3.57 Å². The van der Waals surface area contributed by atoms with Crippen molar-refractivity contribution in [2.24, 2.45) is 0 Å². The normalized spacial score (nSPS) is 11.3. The molecule has 0 unspecified atom stereocenters. The van der Waals surface area contributed by atoms with Crippen molar-refractivity contribution < 1.29 is 8.42 Å². The third-order valence-electron chi connectivity index (χ3n) is 1.42. The van der Waals surface area contributed by atoms with Crippen LogP contribution in [-0.4, -0.2) is 14.7 Å². The lowest BCUT2D eigenvalue weighted by Crippen LogP contribution is -2.10. The minimum Gasteiger partial charge on any atom is -0.283 e. The van der Waals surface area contributed by atoms with Crippen LogP contribution < -0.4 is 4.72 Å². The number of anilines is 1. The zero-order chi connectivity index (χ0) is 10.1. The van der Waals surface area contributed by atoms with Crippen molar-refractivity contribution in [3.05, 3.63) is 27.3 Å². The second-order valence-corrected chi connectivity index (χ2v) is 5.77. The van der Waals surface area contributed by atoms with E-state index in [9.17, 15) is 8.42 Å². The van der Waals surface area contributed by atoms with Crippen LogP contribution in [0.1, 0.15) is 5.56 Å². The molecule has 0 spiro atoms. The first kappa shape index (κ1) is 10.8. The van der Waals surface area contributed by atoms with Crippen LogP contribution in [0.4, 0.5) is 5.69 Å². The van der Waals surface area contributed by atoms with Gasteiger partial charge in [0.25, 0.3) is 0 Å². The highest BCUT2D eigenvalue weighted by atomic mass is 127. The Morgan fingerprint density at radius 3 is 2.46 bits per heavy atom. The monoisotopic (exact) mass is 311 g/mol. The van der Waals surface area contributed by atoms with Crippen LogP contribution in [0.3, 0.4) is 0 Å². The van der Waals surface area contributed by atoms with Crippen LogP contribution >= 0.6 is 22.6 Å². The minimum absolute atomic E-state index is 0.633. The second-order valence-electron chi connectivity index (χ2n) is 2.86. The molecular formula is C8H10INO2S. The van der Waals surface area contributed by atoms with Crippen molar-refractivity contribution in [3.8, 4) is 0 Å². The standard InChI is InChI=1S/C8H10INO2S/c1-6-3-4-8(7(9)5-6)10-13(2,11)12/h3-5,10H,1-2H3. The maximum Gasteiger partial charge on any atom is 0.229 e. The summed E-state index contributed by atoms with van der Waals surface area (Å²) in [7, 11) is -3.17. The van der Waals surface area contributed by atoms with Crippen molar-refractivity contribution >= 4 is 38.3 Å². The number of sulfonamides is 1. The number of hydrogen-bond acceptors (Lipinski definition) is 2. The average molecular weight is 311 g/mol. The van der Waals surface area contributed by atoms with E-state index in [0.717, 1.165) is 15.4 Å². The van der Waals surface area contributed by atoms with Crippen LogP contribution in [-0.2, 0) is 10.0 Å². The smallest absolute Gasteiger partial charge is 0.229 e. The number of aryl methyl sites for hydroxylation is 1. The Labute approximate surface area is 91.7 Å². The van der Waals surface area contributed by atoms with Gasteiger partial charge in [0.1, 0.15) is 0 Å². The van der Waals surface area contributed by atoms with Crippen LogP contribution in [0.15, 0.2) is 18.2 Å². The van der Waals surface area contributed by atoms with Gasteiger partial charge in [-0.15, -0.1) is 0 Å². The Morgan fingerprint density at radius 2 is 2.00 bits per heavy atom. The van der Waals surface area contributed by atoms with Gasteiger partial charge < -0.3 is 0 Å². The third kappa shape index (κ3) is 3.51. The number of rotatable bonds is 2. The van der Waals surface area contributed by atoms with Gasteiger partial charge in [0.05, 0.1) is 11.9 Å². The van der Waals surface area contributed by atoms with Gasteiger partial charge >= 0.3 is 0 Å². The zero-order valence-electron chi connectivity index (χ0n) is 7.33. The summed E-state index contributed by atoms with van der Waals surface area (Å²) in [6, 6.07) is 5.56. The molecule has 5 heteroatoms. The largest absolute Gasteiger partial charge is 0.283 e. The van der Waals surface area contributed by atoms with Gasteiger partial charge in [-0.1, -0.05) is 6.07 Å². The molecule has 3 nitrogen and oxygen atoms in total. The SMILES string of the molecule is Cc1ccc(NS(C)(=O)=O)c(I)c1. The number of benzene rings is 1. The summed E-state index contributed by atoms with van der Waals surface area (Å²) in [5.74, 6) is 0. The van der Waals surface area contributed by atoms with Gasteiger partial charge in [-0.05, 0) is 47.2 Å². The van der Waals surface area contributed by atoms with Gasteiger partial charge in [-0.2, -0.15) is 0 Å². The molecule has 1 N–H and O–H groups in total. The van der Waals surface area contributed by atoms with E-state index in [1.54, 1.807) is 6.07 Å². The number of halogens is 1. The summed E-state index contributed by atoms with van der Waals surface area (Å²) in [4.78, 5) is 0. The molecular weight excluding hydrogens is 301 g/mol. The van der Waals surface area contributed by atoms with E-state index >= 15 is 0 Å². The molecule has 72 valence electrons. The van der Waals surface area contributed by atoms with Crippen molar-refractivity contribution in [1.29, 1.82) is 0 Å². The Hall–Kier alpha value is -0.300. The lowest BCUT2D eigenvalue weighted by molar-refractivity contribution is 0.607. The van der Waals surface area contributed by atoms with Crippen LogP contribution in [0.25, 0.3) is 0 Å². The van der Waals surface area contributed by atoms with E-state index in [2.05, 4.69) is 27.3 Å². The van der Waals surface area contributed by atoms with E-state index < -0.39 is 10.0 Å². The molecule has 0 aliphatic heterocycles. The molecule has 1 aromatic carbocycles. The van der Waals surface area contributed by atoms with Crippen molar-refractivity contribution in [2.75, 3.05) is 11.0 Å². The summed E-state index contributed by atoms with van der Waals surface area (Å²) >= 11 is 2.10. The predicted octanol–water partition coefficient (Wildman–Crippen LogP) is 1.97. The molecule has 0 heterocycles. The Bertz CT molecular complexity index is 414. The summed E-state index contributed by atoms with van der Waals surface area (Å²) in [6.07, 6.45) is 1.14. The summed E-state index contributed by atoms with van der Waals surface area (Å²) in [6.45, 7) is 1.96. The molecule has 0 bridgehead atoms. The highest BCUT2D eigenvalue weighted by Gasteiger charge is 2.04. The Morgan fingerprint density at radius 1 is 1.38 bits per heavy atom. The fourth-order valence-electron chi connectivity index (χ4n) is 0.903. The van der Waals surface area contributed by atoms with E-state index in [1.165, 1.54) is 0 Å². The lowest BCUT2D eigenvalue weighted by atomic mass is 10.2. The third-order valence-corrected chi connectivity index (χ3v) is 2.90. The molecule has 1 rings (SSSR count). The van der Waals surface area contributed by atoms with Gasteiger partial charge in [0.2, 0.25) is 10.0 Å². The Balaban J connectivity index is 3.04. The fourth-order valence-corrected chi connectivity index (χ4v) is 2.47. The highest BCUT2D eigenvalue weighted by Crippen LogP contribution is 2.19. The molecule has 0 aliphatic rings. The quantitative estimate of drug-likeness (QED) is 0.849. The van der Waals surface area contributed by atoms with Crippen LogP contribution in [0.5, 0.6) is 0 Å². The number of nitrogens with one attached hydrogen (secondary N) is 1. The zero-order valence-corrected chi connectivity index (χ0v) is 10.3. The molecule has 0 radical (unpaired) electrons. The molecule has 1 aromatic rings. The van der Waals surface area contributed by atoms with E-state index in [0.29, 0.717) is 5.69 Å². The van der Waals surface area contributed by atoms with Crippen LogP contribution in [0.2, 0.25) is 0 Å². The molecule has 0 fully saturated rings. The maximum atomic E-state index is 10.9. The van der Waals surface area contributed by atoms with Crippen LogP contribution in [0, 0.1) is 10.5 Å². The molecule has 0 amide bonds. The number of hydrogen-bond donors (Lipinski definition) is 1. The Kier molecular flexibility index (Phi) is 3.18. The first-order valence-electron chi connectivity index (χ1n) is 3.62. The molecule has 0 aliphatic carbocycles. The first-order chi connectivity index (χ1) is 5.88. The predicted molar refractivity (Wildman–Crippen MR) is 62.4 cm³/mol. The van der Waals surface area contributed by atoms with Gasteiger partial charge in [-0.25, -0.2) is 8.42 Å². The topological polar surface area (TPSA) is 46.2 Å².